The number of benzene rings is 1. The Labute approximate surface area is 112 Å². The average molecular weight is 322 g/mol. The summed E-state index contributed by atoms with van der Waals surface area (Å²) in [7, 11) is 0. The third-order valence-electron chi connectivity index (χ3n) is 3.40. The number of carboxylic acids is 1. The van der Waals surface area contributed by atoms with E-state index in [4.69, 9.17) is 11.6 Å². The van der Waals surface area contributed by atoms with Crippen LogP contribution < -0.4 is 0 Å². The van der Waals surface area contributed by atoms with Crippen molar-refractivity contribution in [1.82, 2.24) is 0 Å². The molecule has 92 valence electrons. The van der Waals surface area contributed by atoms with Gasteiger partial charge in [-0.2, -0.15) is 0 Å². The van der Waals surface area contributed by atoms with Gasteiger partial charge >= 0.3 is 5.97 Å². The maximum absolute atomic E-state index is 13.6. The zero-order valence-electron chi connectivity index (χ0n) is 8.97. The highest BCUT2D eigenvalue weighted by Gasteiger charge is 2.43. The fourth-order valence-electron chi connectivity index (χ4n) is 2.44. The standard InChI is InChI=1S/C12H11BrClFO2/c13-8-5-7(6-9(15)10(8)14)12(11(16)17)3-1-2-4-12/h5-6H,1-4H2,(H,16,17). The predicted molar refractivity (Wildman–Crippen MR) is 66.9 cm³/mol. The molecule has 0 spiro atoms. The van der Waals surface area contributed by atoms with Gasteiger partial charge in [-0.1, -0.05) is 24.4 Å². The Morgan fingerprint density at radius 3 is 2.47 bits per heavy atom. The topological polar surface area (TPSA) is 37.3 Å². The van der Waals surface area contributed by atoms with Crippen molar-refractivity contribution in [3.63, 3.8) is 0 Å². The van der Waals surface area contributed by atoms with Crippen LogP contribution in [0.4, 0.5) is 4.39 Å². The molecule has 0 radical (unpaired) electrons. The van der Waals surface area contributed by atoms with Gasteiger partial charge in [-0.05, 0) is 46.5 Å². The summed E-state index contributed by atoms with van der Waals surface area (Å²) in [6.45, 7) is 0. The second-order valence-electron chi connectivity index (χ2n) is 4.35. The quantitative estimate of drug-likeness (QED) is 0.831. The van der Waals surface area contributed by atoms with E-state index in [0.717, 1.165) is 12.8 Å². The minimum Gasteiger partial charge on any atom is -0.481 e. The molecule has 0 bridgehead atoms. The van der Waals surface area contributed by atoms with E-state index in [1.165, 1.54) is 6.07 Å². The van der Waals surface area contributed by atoms with E-state index in [2.05, 4.69) is 15.9 Å². The molecule has 1 aromatic carbocycles. The lowest BCUT2D eigenvalue weighted by Crippen LogP contribution is -2.32. The van der Waals surface area contributed by atoms with Gasteiger partial charge in [-0.25, -0.2) is 4.39 Å². The van der Waals surface area contributed by atoms with Crippen molar-refractivity contribution in [1.29, 1.82) is 0 Å². The molecule has 0 aromatic heterocycles. The molecule has 2 rings (SSSR count). The van der Waals surface area contributed by atoms with Crippen molar-refractivity contribution < 1.29 is 14.3 Å². The second kappa shape index (κ2) is 4.58. The van der Waals surface area contributed by atoms with Gasteiger partial charge in [0.2, 0.25) is 0 Å². The highest BCUT2D eigenvalue weighted by Crippen LogP contribution is 2.43. The minimum absolute atomic E-state index is 0.00714. The largest absolute Gasteiger partial charge is 0.481 e. The number of hydrogen-bond donors (Lipinski definition) is 1. The van der Waals surface area contributed by atoms with E-state index >= 15 is 0 Å². The van der Waals surface area contributed by atoms with E-state index in [9.17, 15) is 14.3 Å². The van der Waals surface area contributed by atoms with E-state index in [-0.39, 0.29) is 5.02 Å². The third kappa shape index (κ3) is 2.08. The first-order chi connectivity index (χ1) is 7.97. The highest BCUT2D eigenvalue weighted by molar-refractivity contribution is 9.10. The van der Waals surface area contributed by atoms with Crippen molar-refractivity contribution >= 4 is 33.5 Å². The molecule has 5 heteroatoms. The number of carbonyl (C=O) groups is 1. The summed E-state index contributed by atoms with van der Waals surface area (Å²) >= 11 is 8.86. The minimum atomic E-state index is -0.950. The van der Waals surface area contributed by atoms with Gasteiger partial charge in [-0.3, -0.25) is 4.79 Å². The van der Waals surface area contributed by atoms with Crippen LogP contribution in [0.5, 0.6) is 0 Å². The maximum atomic E-state index is 13.6. The lowest BCUT2D eigenvalue weighted by atomic mass is 9.79. The average Bonchev–Trinajstić information content (AvgIpc) is 2.75. The molecule has 2 nitrogen and oxygen atoms in total. The molecule has 1 aliphatic carbocycles. The Kier molecular flexibility index (Phi) is 3.46. The second-order valence-corrected chi connectivity index (χ2v) is 5.58. The summed E-state index contributed by atoms with van der Waals surface area (Å²) < 4.78 is 14.0. The molecule has 1 aromatic rings. The number of carboxylic acid groups (broad SMARTS) is 1. The molecular weight excluding hydrogens is 310 g/mol. The van der Waals surface area contributed by atoms with E-state index in [1.807, 2.05) is 0 Å². The molecule has 0 atom stereocenters. The van der Waals surface area contributed by atoms with Gasteiger partial charge in [0.05, 0.1) is 10.4 Å². The van der Waals surface area contributed by atoms with Gasteiger partial charge in [0.1, 0.15) is 5.82 Å². The molecule has 0 saturated heterocycles. The fourth-order valence-corrected chi connectivity index (χ4v) is 2.98. The Hall–Kier alpha value is -0.610. The van der Waals surface area contributed by atoms with Gasteiger partial charge in [-0.15, -0.1) is 0 Å². The summed E-state index contributed by atoms with van der Waals surface area (Å²) in [5.41, 5.74) is -0.454. The number of halogens is 3. The van der Waals surface area contributed by atoms with Crippen molar-refractivity contribution in [3.8, 4) is 0 Å². The summed E-state index contributed by atoms with van der Waals surface area (Å²) in [5.74, 6) is -1.47. The molecule has 0 unspecified atom stereocenters. The molecule has 1 fully saturated rings. The summed E-state index contributed by atoms with van der Waals surface area (Å²) in [6, 6.07) is 2.86. The number of rotatable bonds is 2. The van der Waals surface area contributed by atoms with Crippen LogP contribution in [0, 0.1) is 5.82 Å². The monoisotopic (exact) mass is 320 g/mol. The Balaban J connectivity index is 2.55. The lowest BCUT2D eigenvalue weighted by molar-refractivity contribution is -0.143. The van der Waals surface area contributed by atoms with Crippen LogP contribution in [0.15, 0.2) is 16.6 Å². The van der Waals surface area contributed by atoms with Gasteiger partial charge in [0.25, 0.3) is 0 Å². The zero-order valence-corrected chi connectivity index (χ0v) is 11.3. The molecular formula is C12H11BrClFO2. The van der Waals surface area contributed by atoms with Gasteiger partial charge < -0.3 is 5.11 Å². The molecule has 17 heavy (non-hydrogen) atoms. The van der Waals surface area contributed by atoms with Gasteiger partial charge in [0.15, 0.2) is 0 Å². The third-order valence-corrected chi connectivity index (χ3v) is 4.64. The molecule has 0 amide bonds. The predicted octanol–water partition coefficient (Wildman–Crippen LogP) is 4.14. The van der Waals surface area contributed by atoms with E-state index < -0.39 is 17.2 Å². The summed E-state index contributed by atoms with van der Waals surface area (Å²) in [4.78, 5) is 11.5. The molecule has 1 aliphatic rings. The van der Waals surface area contributed by atoms with Crippen molar-refractivity contribution in [2.24, 2.45) is 0 Å². The van der Waals surface area contributed by atoms with Crippen LogP contribution in [-0.4, -0.2) is 11.1 Å². The molecule has 1 N–H and O–H groups in total. The fraction of sp³-hybridized carbons (Fsp3) is 0.417. The molecule has 1 saturated carbocycles. The molecule has 0 aliphatic heterocycles. The zero-order chi connectivity index (χ0) is 12.6. The highest BCUT2D eigenvalue weighted by atomic mass is 79.9. The SMILES string of the molecule is O=C(O)C1(c2cc(F)c(Cl)c(Br)c2)CCCC1. The molecule has 0 heterocycles. The van der Waals surface area contributed by atoms with Crippen molar-refractivity contribution in [3.05, 3.63) is 33.0 Å². The summed E-state index contributed by atoms with van der Waals surface area (Å²) in [6.07, 6.45) is 2.81. The normalized spacial score (nSPS) is 18.3. The number of hydrogen-bond acceptors (Lipinski definition) is 1. The summed E-state index contributed by atoms with van der Waals surface area (Å²) in [5, 5.41) is 9.39. The van der Waals surface area contributed by atoms with Crippen LogP contribution in [0.25, 0.3) is 0 Å². The van der Waals surface area contributed by atoms with Gasteiger partial charge in [0, 0.05) is 4.47 Å². The first-order valence-corrected chi connectivity index (χ1v) is 6.53. The maximum Gasteiger partial charge on any atom is 0.314 e. The smallest absolute Gasteiger partial charge is 0.314 e. The van der Waals surface area contributed by atoms with Crippen LogP contribution in [0.2, 0.25) is 5.02 Å². The van der Waals surface area contributed by atoms with Crippen LogP contribution in [0.3, 0.4) is 0 Å². The lowest BCUT2D eigenvalue weighted by Gasteiger charge is -2.24. The Morgan fingerprint density at radius 2 is 2.00 bits per heavy atom. The van der Waals surface area contributed by atoms with Crippen LogP contribution >= 0.6 is 27.5 Å². The van der Waals surface area contributed by atoms with E-state index in [0.29, 0.717) is 22.9 Å². The van der Waals surface area contributed by atoms with Crippen LogP contribution in [-0.2, 0) is 10.2 Å². The van der Waals surface area contributed by atoms with Crippen molar-refractivity contribution in [2.45, 2.75) is 31.1 Å². The van der Waals surface area contributed by atoms with E-state index in [1.54, 1.807) is 6.07 Å². The first-order valence-electron chi connectivity index (χ1n) is 5.36. The first kappa shape index (κ1) is 12.8. The Morgan fingerprint density at radius 1 is 1.41 bits per heavy atom. The number of aliphatic carboxylic acids is 1. The van der Waals surface area contributed by atoms with Crippen LogP contribution in [0.1, 0.15) is 31.2 Å². The van der Waals surface area contributed by atoms with Crippen molar-refractivity contribution in [2.75, 3.05) is 0 Å². The Bertz CT molecular complexity index is 447.